The van der Waals surface area contributed by atoms with Gasteiger partial charge in [0.25, 0.3) is 0 Å². The summed E-state index contributed by atoms with van der Waals surface area (Å²) >= 11 is 0. The number of hydrogen-bond acceptors (Lipinski definition) is 4. The fourth-order valence-electron chi connectivity index (χ4n) is 0.704. The van der Waals surface area contributed by atoms with Gasteiger partial charge in [-0.3, -0.25) is 0 Å². The minimum atomic E-state index is -6.12. The molecule has 17 heavy (non-hydrogen) atoms. The third-order valence-corrected chi connectivity index (χ3v) is 1.55. The van der Waals surface area contributed by atoms with Crippen molar-refractivity contribution in [2.75, 3.05) is 0 Å². The van der Waals surface area contributed by atoms with Crippen LogP contribution in [0.25, 0.3) is 0 Å². The summed E-state index contributed by atoms with van der Waals surface area (Å²) in [6, 6.07) is 0.932. The van der Waals surface area contributed by atoms with E-state index in [0.717, 1.165) is 18.6 Å². The van der Waals surface area contributed by atoms with Crippen LogP contribution in [0.5, 0.6) is 0 Å². The lowest BCUT2D eigenvalue weighted by Gasteiger charge is -2.16. The molecule has 0 amide bonds. The van der Waals surface area contributed by atoms with Crippen LogP contribution < -0.4 is 0 Å². The molecule has 0 radical (unpaired) electrons. The Balaban J connectivity index is 2.77. The van der Waals surface area contributed by atoms with Crippen molar-refractivity contribution in [2.24, 2.45) is 0 Å². The second-order valence-electron chi connectivity index (χ2n) is 2.76. The van der Waals surface area contributed by atoms with Gasteiger partial charge in [-0.2, -0.15) is 22.0 Å². The Labute approximate surface area is 89.9 Å². The molecule has 9 heteroatoms. The molecule has 0 atom stereocenters. The first-order valence-corrected chi connectivity index (χ1v) is 3.89. The summed E-state index contributed by atoms with van der Waals surface area (Å²) < 4.78 is 67.5. The van der Waals surface area contributed by atoms with Crippen LogP contribution in [-0.4, -0.2) is 24.0 Å². The molecule has 0 aliphatic rings. The van der Waals surface area contributed by atoms with Gasteiger partial charge in [0.05, 0.1) is 11.8 Å². The predicted octanol–water partition coefficient (Wildman–Crippen LogP) is 2.16. The first-order valence-electron chi connectivity index (χ1n) is 3.89. The monoisotopic (exact) mass is 258 g/mol. The fraction of sp³-hybridized carbons (Fsp3) is 0.250. The van der Waals surface area contributed by atoms with Crippen LogP contribution in [0.4, 0.5) is 22.0 Å². The van der Waals surface area contributed by atoms with Crippen LogP contribution in [0.2, 0.25) is 0 Å². The molecule has 4 nitrogen and oxygen atoms in total. The number of furan rings is 1. The average molecular weight is 258 g/mol. The van der Waals surface area contributed by atoms with Gasteiger partial charge in [-0.05, 0) is 6.07 Å². The molecule has 0 saturated carbocycles. The summed E-state index contributed by atoms with van der Waals surface area (Å²) in [6.45, 7) is 0. The Hall–Kier alpha value is -1.93. The molecule has 94 valence electrons. The highest BCUT2D eigenvalue weighted by molar-refractivity contribution is 5.98. The molecule has 0 bridgehead atoms. The number of alkyl halides is 5. The van der Waals surface area contributed by atoms with Gasteiger partial charge in [-0.25, -0.2) is 9.59 Å². The van der Waals surface area contributed by atoms with E-state index in [2.05, 4.69) is 9.15 Å². The Kier molecular flexibility index (Phi) is 3.21. The molecule has 0 aromatic carbocycles. The van der Waals surface area contributed by atoms with Gasteiger partial charge in [-0.15, -0.1) is 0 Å². The van der Waals surface area contributed by atoms with Crippen molar-refractivity contribution in [1.29, 1.82) is 0 Å². The lowest BCUT2D eigenvalue weighted by molar-refractivity contribution is -0.277. The Morgan fingerprint density at radius 3 is 2.18 bits per heavy atom. The van der Waals surface area contributed by atoms with E-state index in [1.54, 1.807) is 0 Å². The van der Waals surface area contributed by atoms with Gasteiger partial charge in [0, 0.05) is 0 Å². The third-order valence-electron chi connectivity index (χ3n) is 1.55. The molecular weight excluding hydrogens is 255 g/mol. The third kappa shape index (κ3) is 2.60. The van der Waals surface area contributed by atoms with E-state index in [1.807, 2.05) is 0 Å². The number of carbonyl (C=O) groups is 2. The van der Waals surface area contributed by atoms with Gasteiger partial charge in [0.15, 0.2) is 0 Å². The minimum Gasteiger partial charge on any atom is -0.472 e. The summed E-state index contributed by atoms with van der Waals surface area (Å²) in [4.78, 5) is 21.4. The largest absolute Gasteiger partial charge is 0.472 e. The normalized spacial score (nSPS) is 12.3. The molecule has 0 N–H and O–H groups in total. The number of rotatable bonds is 2. The SMILES string of the molecule is O=C(OC(=O)C(F)(F)C(F)(F)F)c1ccoc1. The summed E-state index contributed by atoms with van der Waals surface area (Å²) in [5.74, 6) is -10.4. The predicted molar refractivity (Wildman–Crippen MR) is 40.1 cm³/mol. The molecule has 0 fully saturated rings. The van der Waals surface area contributed by atoms with E-state index in [9.17, 15) is 31.5 Å². The topological polar surface area (TPSA) is 56.5 Å². The highest BCUT2D eigenvalue weighted by atomic mass is 19.4. The maximum Gasteiger partial charge on any atom is 0.465 e. The highest BCUT2D eigenvalue weighted by Crippen LogP contribution is 2.36. The van der Waals surface area contributed by atoms with E-state index >= 15 is 0 Å². The molecule has 1 aromatic rings. The molecule has 0 spiro atoms. The summed E-state index contributed by atoms with van der Waals surface area (Å²) in [6.07, 6.45) is -4.45. The Morgan fingerprint density at radius 1 is 1.18 bits per heavy atom. The van der Waals surface area contributed by atoms with Crippen molar-refractivity contribution in [3.63, 3.8) is 0 Å². The lowest BCUT2D eigenvalue weighted by atomic mass is 10.3. The number of carbonyl (C=O) groups excluding carboxylic acids is 2. The van der Waals surface area contributed by atoms with Gasteiger partial charge >= 0.3 is 24.0 Å². The quantitative estimate of drug-likeness (QED) is 0.463. The Morgan fingerprint density at radius 2 is 1.76 bits per heavy atom. The molecule has 1 rings (SSSR count). The fourth-order valence-corrected chi connectivity index (χ4v) is 0.704. The standard InChI is InChI=1S/C8H3F5O4/c9-7(10,8(11,12)13)6(15)17-5(14)4-1-2-16-3-4/h1-3H. The molecule has 0 saturated heterocycles. The summed E-state index contributed by atoms with van der Waals surface area (Å²) in [7, 11) is 0. The van der Waals surface area contributed by atoms with Gasteiger partial charge in [-0.1, -0.05) is 0 Å². The van der Waals surface area contributed by atoms with E-state index in [1.165, 1.54) is 0 Å². The smallest absolute Gasteiger partial charge is 0.465 e. The average Bonchev–Trinajstić information content (AvgIpc) is 2.68. The van der Waals surface area contributed by atoms with Crippen LogP contribution >= 0.6 is 0 Å². The van der Waals surface area contributed by atoms with Crippen LogP contribution in [0, 0.1) is 0 Å². The van der Waals surface area contributed by atoms with Crippen molar-refractivity contribution in [3.8, 4) is 0 Å². The van der Waals surface area contributed by atoms with E-state index in [0.29, 0.717) is 0 Å². The first-order chi connectivity index (χ1) is 7.66. The first kappa shape index (κ1) is 13.1. The second kappa shape index (κ2) is 4.15. The van der Waals surface area contributed by atoms with E-state index < -0.39 is 29.6 Å². The van der Waals surface area contributed by atoms with Crippen LogP contribution in [0.3, 0.4) is 0 Å². The Bertz CT molecular complexity index is 420. The zero-order valence-electron chi connectivity index (χ0n) is 7.75. The lowest BCUT2D eigenvalue weighted by Crippen LogP contribution is -2.45. The van der Waals surface area contributed by atoms with Crippen molar-refractivity contribution in [1.82, 2.24) is 0 Å². The van der Waals surface area contributed by atoms with Crippen molar-refractivity contribution in [2.45, 2.75) is 12.1 Å². The molecule has 0 aliphatic heterocycles. The van der Waals surface area contributed by atoms with Crippen molar-refractivity contribution >= 4 is 11.9 Å². The number of hydrogen-bond donors (Lipinski definition) is 0. The molecule has 0 unspecified atom stereocenters. The molecule has 0 aliphatic carbocycles. The minimum absolute atomic E-state index is 0.462. The number of ether oxygens (including phenoxy) is 1. The van der Waals surface area contributed by atoms with E-state index in [-0.39, 0.29) is 0 Å². The van der Waals surface area contributed by atoms with Crippen molar-refractivity contribution in [3.05, 3.63) is 24.2 Å². The summed E-state index contributed by atoms with van der Waals surface area (Å²) in [5, 5.41) is 0. The maximum atomic E-state index is 12.4. The van der Waals surface area contributed by atoms with E-state index in [4.69, 9.17) is 0 Å². The van der Waals surface area contributed by atoms with Gasteiger partial charge < -0.3 is 9.15 Å². The molecular formula is C8H3F5O4. The number of halogens is 5. The highest BCUT2D eigenvalue weighted by Gasteiger charge is 2.65. The second-order valence-corrected chi connectivity index (χ2v) is 2.76. The zero-order chi connectivity index (χ0) is 13.3. The van der Waals surface area contributed by atoms with Crippen LogP contribution in [0.1, 0.15) is 10.4 Å². The van der Waals surface area contributed by atoms with Gasteiger partial charge in [0.2, 0.25) is 0 Å². The van der Waals surface area contributed by atoms with Crippen LogP contribution in [0.15, 0.2) is 23.0 Å². The molecule has 1 aromatic heterocycles. The summed E-state index contributed by atoms with van der Waals surface area (Å²) in [5.41, 5.74) is -0.462. The zero-order valence-corrected chi connectivity index (χ0v) is 7.75. The molecule has 1 heterocycles. The number of esters is 2. The maximum absolute atomic E-state index is 12.4. The van der Waals surface area contributed by atoms with Gasteiger partial charge in [0.1, 0.15) is 6.26 Å². The van der Waals surface area contributed by atoms with Crippen LogP contribution in [-0.2, 0) is 9.53 Å². The van der Waals surface area contributed by atoms with Crippen molar-refractivity contribution < 1.29 is 40.7 Å².